The van der Waals surface area contributed by atoms with Gasteiger partial charge in [-0.2, -0.15) is 5.10 Å². The van der Waals surface area contributed by atoms with Crippen molar-refractivity contribution in [1.82, 2.24) is 20.4 Å². The number of carboxylic acids is 1. The van der Waals surface area contributed by atoms with Gasteiger partial charge in [0.15, 0.2) is 0 Å². The van der Waals surface area contributed by atoms with Crippen LogP contribution in [0.1, 0.15) is 16.1 Å². The van der Waals surface area contributed by atoms with Crippen molar-refractivity contribution >= 4 is 17.8 Å². The first kappa shape index (κ1) is 13.7. The Balaban J connectivity index is 2.44. The summed E-state index contributed by atoms with van der Waals surface area (Å²) in [6.45, 7) is 0.980. The average Bonchev–Trinajstić information content (AvgIpc) is 2.64. The van der Waals surface area contributed by atoms with Crippen LogP contribution in [0.2, 0.25) is 0 Å². The number of carbonyl (C=O) groups is 3. The van der Waals surface area contributed by atoms with Crippen LogP contribution in [0.15, 0.2) is 6.20 Å². The van der Waals surface area contributed by atoms with Crippen molar-refractivity contribution in [1.29, 1.82) is 0 Å². The number of nitrogens with zero attached hydrogens (tertiary/aromatic N) is 2. The topological polar surface area (TPSA) is 113 Å². The quantitative estimate of drug-likeness (QED) is 0.601. The molecule has 0 radical (unpaired) electrons. The summed E-state index contributed by atoms with van der Waals surface area (Å²) >= 11 is 0. The highest BCUT2D eigenvalue weighted by molar-refractivity contribution is 5.97. The van der Waals surface area contributed by atoms with Crippen molar-refractivity contribution < 1.29 is 19.5 Å². The predicted octanol–water partition coefficient (Wildman–Crippen LogP) is -1.34. The van der Waals surface area contributed by atoms with Gasteiger partial charge in [0.2, 0.25) is 5.91 Å². The Labute approximate surface area is 103 Å². The molecule has 0 aliphatic heterocycles. The van der Waals surface area contributed by atoms with Gasteiger partial charge in [-0.05, 0) is 6.92 Å². The summed E-state index contributed by atoms with van der Waals surface area (Å²) in [5.74, 6) is -2.13. The summed E-state index contributed by atoms with van der Waals surface area (Å²) in [4.78, 5) is 33.0. The molecule has 2 amide bonds. The molecule has 98 valence electrons. The zero-order valence-electron chi connectivity index (χ0n) is 10.1. The van der Waals surface area contributed by atoms with E-state index < -0.39 is 24.3 Å². The molecular weight excluding hydrogens is 240 g/mol. The molecule has 1 aromatic rings. The summed E-state index contributed by atoms with van der Waals surface area (Å²) in [5, 5.41) is 16.8. The molecule has 0 aliphatic carbocycles. The molecule has 0 atom stereocenters. The summed E-state index contributed by atoms with van der Waals surface area (Å²) in [7, 11) is 1.70. The number of hydrogen-bond acceptors (Lipinski definition) is 4. The van der Waals surface area contributed by atoms with Crippen LogP contribution in [0.5, 0.6) is 0 Å². The summed E-state index contributed by atoms with van der Waals surface area (Å²) in [5.41, 5.74) is 1.06. The van der Waals surface area contributed by atoms with Gasteiger partial charge < -0.3 is 15.7 Å². The first-order chi connectivity index (χ1) is 8.41. The number of aliphatic carboxylic acids is 1. The zero-order chi connectivity index (χ0) is 13.7. The number of aryl methyl sites for hydroxylation is 1. The summed E-state index contributed by atoms with van der Waals surface area (Å²) in [6.07, 6.45) is 1.40. The van der Waals surface area contributed by atoms with E-state index in [0.29, 0.717) is 11.3 Å². The molecule has 0 unspecified atom stereocenters. The SMILES string of the molecule is Cc1c(C(=O)NCC(=O)NCC(=O)O)cnn1C. The third-order valence-corrected chi connectivity index (χ3v) is 2.33. The van der Waals surface area contributed by atoms with E-state index in [9.17, 15) is 14.4 Å². The summed E-state index contributed by atoms with van der Waals surface area (Å²) < 4.78 is 1.54. The third-order valence-electron chi connectivity index (χ3n) is 2.33. The van der Waals surface area contributed by atoms with Crippen LogP contribution in [0.4, 0.5) is 0 Å². The highest BCUT2D eigenvalue weighted by Gasteiger charge is 2.13. The molecule has 0 aromatic carbocycles. The Morgan fingerprint density at radius 2 is 2.00 bits per heavy atom. The number of aromatic nitrogens is 2. The minimum Gasteiger partial charge on any atom is -0.480 e. The van der Waals surface area contributed by atoms with E-state index in [1.54, 1.807) is 18.7 Å². The number of nitrogens with one attached hydrogen (secondary N) is 2. The van der Waals surface area contributed by atoms with Crippen LogP contribution in [0.3, 0.4) is 0 Å². The van der Waals surface area contributed by atoms with E-state index in [2.05, 4.69) is 15.7 Å². The molecule has 1 aromatic heterocycles. The molecule has 0 saturated heterocycles. The molecule has 1 heterocycles. The van der Waals surface area contributed by atoms with Gasteiger partial charge in [-0.25, -0.2) is 0 Å². The minimum absolute atomic E-state index is 0.277. The van der Waals surface area contributed by atoms with Gasteiger partial charge in [-0.1, -0.05) is 0 Å². The molecule has 8 heteroatoms. The van der Waals surface area contributed by atoms with Gasteiger partial charge in [0.1, 0.15) is 6.54 Å². The van der Waals surface area contributed by atoms with E-state index >= 15 is 0 Å². The smallest absolute Gasteiger partial charge is 0.322 e. The molecule has 18 heavy (non-hydrogen) atoms. The zero-order valence-corrected chi connectivity index (χ0v) is 10.1. The fourth-order valence-electron chi connectivity index (χ4n) is 1.21. The van der Waals surface area contributed by atoms with E-state index in [1.165, 1.54) is 6.20 Å². The Bertz CT molecular complexity index is 480. The molecule has 0 aliphatic rings. The summed E-state index contributed by atoms with van der Waals surface area (Å²) in [6, 6.07) is 0. The fourth-order valence-corrected chi connectivity index (χ4v) is 1.21. The van der Waals surface area contributed by atoms with Gasteiger partial charge in [-0.3, -0.25) is 19.1 Å². The molecule has 0 saturated carbocycles. The molecule has 1 rings (SSSR count). The Morgan fingerprint density at radius 3 is 2.50 bits per heavy atom. The highest BCUT2D eigenvalue weighted by atomic mass is 16.4. The third kappa shape index (κ3) is 3.58. The second-order valence-corrected chi connectivity index (χ2v) is 3.62. The lowest BCUT2D eigenvalue weighted by Crippen LogP contribution is -2.39. The molecule has 0 spiro atoms. The van der Waals surface area contributed by atoms with Crippen molar-refractivity contribution in [2.75, 3.05) is 13.1 Å². The van der Waals surface area contributed by atoms with Gasteiger partial charge in [-0.15, -0.1) is 0 Å². The van der Waals surface area contributed by atoms with Crippen LogP contribution in [-0.2, 0) is 16.6 Å². The van der Waals surface area contributed by atoms with Gasteiger partial charge >= 0.3 is 5.97 Å². The second-order valence-electron chi connectivity index (χ2n) is 3.62. The Morgan fingerprint density at radius 1 is 1.33 bits per heavy atom. The van der Waals surface area contributed by atoms with E-state index in [1.807, 2.05) is 0 Å². The first-order valence-corrected chi connectivity index (χ1v) is 5.17. The first-order valence-electron chi connectivity index (χ1n) is 5.17. The minimum atomic E-state index is -1.14. The van der Waals surface area contributed by atoms with Crippen molar-refractivity contribution in [3.63, 3.8) is 0 Å². The maximum atomic E-state index is 11.7. The number of carboxylic acid groups (broad SMARTS) is 1. The normalized spacial score (nSPS) is 9.89. The number of carbonyl (C=O) groups excluding carboxylic acids is 2. The molecule has 8 nitrogen and oxygen atoms in total. The maximum Gasteiger partial charge on any atom is 0.322 e. The number of rotatable bonds is 5. The highest BCUT2D eigenvalue weighted by Crippen LogP contribution is 2.04. The molecule has 0 fully saturated rings. The molecular formula is C10H14N4O4. The Kier molecular flexibility index (Phi) is 4.41. The lowest BCUT2D eigenvalue weighted by Gasteiger charge is -2.05. The van der Waals surface area contributed by atoms with Crippen molar-refractivity contribution in [2.24, 2.45) is 7.05 Å². The van der Waals surface area contributed by atoms with E-state index in [4.69, 9.17) is 5.11 Å². The standard InChI is InChI=1S/C10H14N4O4/c1-6-7(3-13-14(6)2)10(18)12-4-8(15)11-5-9(16)17/h3H,4-5H2,1-2H3,(H,11,15)(H,12,18)(H,16,17). The van der Waals surface area contributed by atoms with Crippen LogP contribution in [-0.4, -0.2) is 45.8 Å². The lowest BCUT2D eigenvalue weighted by molar-refractivity contribution is -0.137. The lowest BCUT2D eigenvalue weighted by atomic mass is 10.2. The van der Waals surface area contributed by atoms with Crippen LogP contribution in [0, 0.1) is 6.92 Å². The van der Waals surface area contributed by atoms with E-state index in [0.717, 1.165) is 0 Å². The van der Waals surface area contributed by atoms with Crippen molar-refractivity contribution in [3.05, 3.63) is 17.5 Å². The predicted molar refractivity (Wildman–Crippen MR) is 60.9 cm³/mol. The monoisotopic (exact) mass is 254 g/mol. The van der Waals surface area contributed by atoms with Gasteiger partial charge in [0, 0.05) is 12.7 Å². The number of hydrogen-bond donors (Lipinski definition) is 3. The Hall–Kier alpha value is -2.38. The largest absolute Gasteiger partial charge is 0.480 e. The van der Waals surface area contributed by atoms with Crippen LogP contribution in [0.25, 0.3) is 0 Å². The average molecular weight is 254 g/mol. The van der Waals surface area contributed by atoms with E-state index in [-0.39, 0.29) is 6.54 Å². The fraction of sp³-hybridized carbons (Fsp3) is 0.400. The number of amides is 2. The van der Waals surface area contributed by atoms with Crippen molar-refractivity contribution in [2.45, 2.75) is 6.92 Å². The molecule has 0 bridgehead atoms. The van der Waals surface area contributed by atoms with Crippen molar-refractivity contribution in [3.8, 4) is 0 Å². The molecule has 3 N–H and O–H groups in total. The second kappa shape index (κ2) is 5.80. The van der Waals surface area contributed by atoms with Gasteiger partial charge in [0.05, 0.1) is 18.3 Å². The van der Waals surface area contributed by atoms with Gasteiger partial charge in [0.25, 0.3) is 5.91 Å². The van der Waals surface area contributed by atoms with Crippen LogP contribution < -0.4 is 10.6 Å². The van der Waals surface area contributed by atoms with Crippen LogP contribution >= 0.6 is 0 Å². The maximum absolute atomic E-state index is 11.7.